The molecule has 3 rings (SSSR count). The summed E-state index contributed by atoms with van der Waals surface area (Å²) in [6.07, 6.45) is 2.13. The van der Waals surface area contributed by atoms with E-state index >= 15 is 0 Å². The van der Waals surface area contributed by atoms with Crippen molar-refractivity contribution in [2.24, 2.45) is 7.05 Å². The maximum absolute atomic E-state index is 5.72. The predicted octanol–water partition coefficient (Wildman–Crippen LogP) is 5.37. The Labute approximate surface area is 169 Å². The molecule has 3 aromatic rings. The first-order chi connectivity index (χ1) is 13.2. The van der Waals surface area contributed by atoms with Crippen molar-refractivity contribution in [3.05, 3.63) is 66.0 Å². The molecule has 0 bridgehead atoms. The number of benzene rings is 2. The lowest BCUT2D eigenvalue weighted by Crippen LogP contribution is -1.99. The zero-order chi connectivity index (χ0) is 18.9. The van der Waals surface area contributed by atoms with E-state index in [-0.39, 0.29) is 0 Å². The van der Waals surface area contributed by atoms with E-state index in [1.165, 1.54) is 10.5 Å². The van der Waals surface area contributed by atoms with Gasteiger partial charge in [-0.05, 0) is 44.0 Å². The van der Waals surface area contributed by atoms with Crippen molar-refractivity contribution in [1.82, 2.24) is 14.8 Å². The summed E-state index contributed by atoms with van der Waals surface area (Å²) in [4.78, 5) is 1.26. The minimum Gasteiger partial charge on any atom is -0.494 e. The average Bonchev–Trinajstić information content (AvgIpc) is 3.05. The number of nitrogens with zero attached hydrogens (tertiary/aromatic N) is 3. The monoisotopic (exact) mass is 399 g/mol. The van der Waals surface area contributed by atoms with Crippen molar-refractivity contribution in [1.29, 1.82) is 0 Å². The van der Waals surface area contributed by atoms with Gasteiger partial charge < -0.3 is 9.30 Å². The van der Waals surface area contributed by atoms with Gasteiger partial charge in [0.1, 0.15) is 11.6 Å². The second-order valence-electron chi connectivity index (χ2n) is 6.28. The van der Waals surface area contributed by atoms with Gasteiger partial charge in [0.25, 0.3) is 0 Å². The van der Waals surface area contributed by atoms with Crippen LogP contribution in [-0.4, -0.2) is 27.1 Å². The topological polar surface area (TPSA) is 39.9 Å². The summed E-state index contributed by atoms with van der Waals surface area (Å²) in [7, 11) is 2.05. The lowest BCUT2D eigenvalue weighted by atomic mass is 10.2. The van der Waals surface area contributed by atoms with Crippen LogP contribution >= 0.6 is 23.5 Å². The summed E-state index contributed by atoms with van der Waals surface area (Å²) in [5.74, 6) is 3.80. The minimum atomic E-state index is 0.752. The molecule has 0 aliphatic heterocycles. The number of hydrogen-bond donors (Lipinski definition) is 0. The van der Waals surface area contributed by atoms with Crippen LogP contribution in [0.15, 0.2) is 64.6 Å². The van der Waals surface area contributed by atoms with Crippen LogP contribution in [0.5, 0.6) is 5.75 Å². The number of aryl methyl sites for hydroxylation is 1. The molecule has 0 amide bonds. The Morgan fingerprint density at radius 1 is 0.926 bits per heavy atom. The Hall–Kier alpha value is -1.92. The van der Waals surface area contributed by atoms with Crippen LogP contribution in [0.2, 0.25) is 0 Å². The highest BCUT2D eigenvalue weighted by atomic mass is 32.2. The van der Waals surface area contributed by atoms with Gasteiger partial charge in [-0.25, -0.2) is 0 Å². The van der Waals surface area contributed by atoms with Gasteiger partial charge in [-0.1, -0.05) is 47.7 Å². The highest BCUT2D eigenvalue weighted by Gasteiger charge is 2.09. The van der Waals surface area contributed by atoms with Gasteiger partial charge in [0, 0.05) is 17.7 Å². The van der Waals surface area contributed by atoms with Gasteiger partial charge in [-0.15, -0.1) is 22.0 Å². The van der Waals surface area contributed by atoms with E-state index in [9.17, 15) is 0 Å². The van der Waals surface area contributed by atoms with Crippen LogP contribution in [0.1, 0.15) is 24.2 Å². The van der Waals surface area contributed by atoms with Gasteiger partial charge in [0.15, 0.2) is 5.16 Å². The molecular formula is C21H25N3OS2. The van der Waals surface area contributed by atoms with Crippen LogP contribution < -0.4 is 4.74 Å². The fourth-order valence-corrected chi connectivity index (χ4v) is 4.26. The lowest BCUT2D eigenvalue weighted by Gasteiger charge is -2.06. The van der Waals surface area contributed by atoms with E-state index < -0.39 is 0 Å². The Morgan fingerprint density at radius 3 is 2.48 bits per heavy atom. The first kappa shape index (κ1) is 19.8. The molecule has 27 heavy (non-hydrogen) atoms. The van der Waals surface area contributed by atoms with E-state index in [4.69, 9.17) is 4.74 Å². The molecule has 0 unspecified atom stereocenters. The number of thioether (sulfide) groups is 2. The molecule has 0 aliphatic carbocycles. The Bertz CT molecular complexity index is 819. The van der Waals surface area contributed by atoms with E-state index in [1.807, 2.05) is 37.4 Å². The van der Waals surface area contributed by atoms with Crippen molar-refractivity contribution < 1.29 is 4.74 Å². The molecule has 0 radical (unpaired) electrons. The molecule has 0 spiro atoms. The van der Waals surface area contributed by atoms with Crippen LogP contribution in [-0.2, 0) is 12.8 Å². The first-order valence-corrected chi connectivity index (χ1v) is 11.1. The molecule has 6 heteroatoms. The third kappa shape index (κ3) is 6.33. The standard InChI is InChI=1S/C21H25N3OS2/c1-17-10-12-19(13-11-17)27-16-20-22-23-21(24(20)2)26-15-7-6-14-25-18-8-4-3-5-9-18/h3-5,8-13H,6-7,14-16H2,1-2H3. The number of rotatable bonds is 10. The third-order valence-electron chi connectivity index (χ3n) is 4.10. The van der Waals surface area contributed by atoms with Crippen LogP contribution in [0.3, 0.4) is 0 Å². The first-order valence-electron chi connectivity index (χ1n) is 9.11. The molecule has 4 nitrogen and oxygen atoms in total. The second-order valence-corrected chi connectivity index (χ2v) is 8.39. The summed E-state index contributed by atoms with van der Waals surface area (Å²) in [5.41, 5.74) is 1.28. The number of ether oxygens (including phenoxy) is 1. The number of unbranched alkanes of at least 4 members (excludes halogenated alkanes) is 1. The summed E-state index contributed by atoms with van der Waals surface area (Å²) in [6.45, 7) is 2.86. The molecule has 0 N–H and O–H groups in total. The summed E-state index contributed by atoms with van der Waals surface area (Å²) < 4.78 is 7.83. The number of hydrogen-bond acceptors (Lipinski definition) is 5. The van der Waals surface area contributed by atoms with E-state index in [1.54, 1.807) is 23.5 Å². The minimum absolute atomic E-state index is 0.752. The number of aromatic nitrogens is 3. The maximum atomic E-state index is 5.72. The van der Waals surface area contributed by atoms with E-state index in [2.05, 4.69) is 46.0 Å². The Balaban J connectivity index is 1.36. The van der Waals surface area contributed by atoms with Crippen LogP contribution in [0, 0.1) is 6.92 Å². The second kappa shape index (κ2) is 10.4. The Morgan fingerprint density at radius 2 is 1.70 bits per heavy atom. The SMILES string of the molecule is Cc1ccc(SCc2nnc(SCCCCOc3ccccc3)n2C)cc1. The van der Waals surface area contributed by atoms with E-state index in [0.29, 0.717) is 0 Å². The zero-order valence-electron chi connectivity index (χ0n) is 15.8. The molecule has 2 aromatic carbocycles. The van der Waals surface area contributed by atoms with Crippen LogP contribution in [0.25, 0.3) is 0 Å². The van der Waals surface area contributed by atoms with E-state index in [0.717, 1.165) is 47.7 Å². The quantitative estimate of drug-likeness (QED) is 0.339. The molecule has 0 aliphatic rings. The predicted molar refractivity (Wildman–Crippen MR) is 114 cm³/mol. The highest BCUT2D eigenvalue weighted by Crippen LogP contribution is 2.24. The van der Waals surface area contributed by atoms with Crippen molar-refractivity contribution in [3.8, 4) is 5.75 Å². The summed E-state index contributed by atoms with van der Waals surface area (Å²) in [5, 5.41) is 9.67. The lowest BCUT2D eigenvalue weighted by molar-refractivity contribution is 0.310. The fourth-order valence-electron chi connectivity index (χ4n) is 2.45. The average molecular weight is 400 g/mol. The van der Waals surface area contributed by atoms with Gasteiger partial charge in [-0.2, -0.15) is 0 Å². The highest BCUT2D eigenvalue weighted by molar-refractivity contribution is 7.99. The molecular weight excluding hydrogens is 374 g/mol. The molecule has 0 saturated heterocycles. The van der Waals surface area contributed by atoms with Crippen molar-refractivity contribution >= 4 is 23.5 Å². The molecule has 142 valence electrons. The smallest absolute Gasteiger partial charge is 0.190 e. The van der Waals surface area contributed by atoms with Crippen molar-refractivity contribution in [2.75, 3.05) is 12.4 Å². The van der Waals surface area contributed by atoms with Gasteiger partial charge >= 0.3 is 0 Å². The molecule has 1 heterocycles. The zero-order valence-corrected chi connectivity index (χ0v) is 17.4. The third-order valence-corrected chi connectivity index (χ3v) is 6.21. The summed E-state index contributed by atoms with van der Waals surface area (Å²) >= 11 is 3.56. The van der Waals surface area contributed by atoms with Gasteiger partial charge in [0.2, 0.25) is 0 Å². The van der Waals surface area contributed by atoms with Crippen molar-refractivity contribution in [2.45, 2.75) is 35.6 Å². The van der Waals surface area contributed by atoms with Gasteiger partial charge in [-0.3, -0.25) is 0 Å². The fraction of sp³-hybridized carbons (Fsp3) is 0.333. The molecule has 0 saturated carbocycles. The Kier molecular flexibility index (Phi) is 7.66. The molecule has 0 fully saturated rings. The van der Waals surface area contributed by atoms with Crippen molar-refractivity contribution in [3.63, 3.8) is 0 Å². The van der Waals surface area contributed by atoms with Gasteiger partial charge in [0.05, 0.1) is 12.4 Å². The largest absolute Gasteiger partial charge is 0.494 e. The number of para-hydroxylation sites is 1. The summed E-state index contributed by atoms with van der Waals surface area (Å²) in [6, 6.07) is 18.6. The normalized spacial score (nSPS) is 10.9. The maximum Gasteiger partial charge on any atom is 0.190 e. The molecule has 1 aromatic heterocycles. The molecule has 0 atom stereocenters. The van der Waals surface area contributed by atoms with Crippen LogP contribution in [0.4, 0.5) is 0 Å².